The Morgan fingerprint density at radius 3 is 2.76 bits per heavy atom. The number of para-hydroxylation sites is 1. The third-order valence-electron chi connectivity index (χ3n) is 5.26. The Kier molecular flexibility index (Phi) is 5.04. The molecule has 1 unspecified atom stereocenters. The van der Waals surface area contributed by atoms with Gasteiger partial charge in [-0.15, -0.1) is 0 Å². The average Bonchev–Trinajstić information content (AvgIpc) is 3.34. The fourth-order valence-corrected chi connectivity index (χ4v) is 4.61. The summed E-state index contributed by atoms with van der Waals surface area (Å²) < 4.78 is 31.5. The number of fused-ring (bicyclic) bond motifs is 1. The van der Waals surface area contributed by atoms with E-state index in [1.807, 2.05) is 41.9 Å². The lowest BCUT2D eigenvalue weighted by Gasteiger charge is -2.18. The molecule has 0 N–H and O–H groups in total. The number of likely N-dealkylation sites (tertiary alicyclic amines) is 1. The van der Waals surface area contributed by atoms with E-state index >= 15 is 0 Å². The Hall–Kier alpha value is -2.87. The minimum Gasteiger partial charge on any atom is -0.486 e. The highest BCUT2D eigenvalue weighted by Crippen LogP contribution is 2.25. The number of imidazole rings is 1. The molecule has 1 aromatic carbocycles. The van der Waals surface area contributed by atoms with E-state index in [0.29, 0.717) is 24.3 Å². The quantitative estimate of drug-likeness (QED) is 0.642. The molecule has 1 atom stereocenters. The zero-order valence-electron chi connectivity index (χ0n) is 16.4. The van der Waals surface area contributed by atoms with Gasteiger partial charge in [0, 0.05) is 31.7 Å². The van der Waals surface area contributed by atoms with E-state index in [0.717, 1.165) is 16.9 Å². The maximum atomic E-state index is 13.0. The van der Waals surface area contributed by atoms with Gasteiger partial charge in [-0.25, -0.2) is 13.4 Å². The number of aromatic nitrogens is 2. The molecule has 4 rings (SSSR count). The molecular formula is C21H23N3O4S. The molecule has 8 heteroatoms. The van der Waals surface area contributed by atoms with Crippen molar-refractivity contribution in [2.45, 2.75) is 25.2 Å². The zero-order valence-corrected chi connectivity index (χ0v) is 17.2. The second kappa shape index (κ2) is 7.51. The Labute approximate surface area is 169 Å². The first-order chi connectivity index (χ1) is 13.8. The number of benzene rings is 1. The number of amides is 1. The minimum atomic E-state index is -3.16. The highest BCUT2D eigenvalue weighted by atomic mass is 32.2. The van der Waals surface area contributed by atoms with Crippen LogP contribution in [0.2, 0.25) is 0 Å². The summed E-state index contributed by atoms with van der Waals surface area (Å²) in [5.41, 5.74) is 3.14. The van der Waals surface area contributed by atoms with Crippen LogP contribution in [0.1, 0.15) is 28.0 Å². The van der Waals surface area contributed by atoms with Crippen molar-refractivity contribution in [2.24, 2.45) is 0 Å². The number of rotatable bonds is 5. The summed E-state index contributed by atoms with van der Waals surface area (Å²) in [6.07, 6.45) is 5.53. The van der Waals surface area contributed by atoms with Gasteiger partial charge in [0.25, 0.3) is 5.91 Å². The predicted octanol–water partition coefficient (Wildman–Crippen LogP) is 2.48. The van der Waals surface area contributed by atoms with E-state index in [-0.39, 0.29) is 19.1 Å². The summed E-state index contributed by atoms with van der Waals surface area (Å²) in [6, 6.07) is 11.0. The van der Waals surface area contributed by atoms with Crippen molar-refractivity contribution in [1.82, 2.24) is 14.3 Å². The van der Waals surface area contributed by atoms with Crippen molar-refractivity contribution in [1.29, 1.82) is 0 Å². The molecule has 1 amide bonds. The molecule has 3 heterocycles. The second-order valence-electron chi connectivity index (χ2n) is 7.43. The van der Waals surface area contributed by atoms with E-state index in [1.54, 1.807) is 23.1 Å². The van der Waals surface area contributed by atoms with Crippen molar-refractivity contribution >= 4 is 21.4 Å². The standard InChI is InChI=1S/C21H23N3O4S/c1-15-6-5-10-23-12-16(22-20(15)23)14-28-19-8-4-3-7-18(19)21(25)24-11-9-17(13-24)29(2,26)27/h3-8,10,12,17H,9,11,13-14H2,1-2H3. The van der Waals surface area contributed by atoms with Crippen LogP contribution in [-0.2, 0) is 16.4 Å². The number of hydrogen-bond acceptors (Lipinski definition) is 5. The first-order valence-electron chi connectivity index (χ1n) is 9.46. The molecule has 1 aliphatic rings. The smallest absolute Gasteiger partial charge is 0.257 e. The summed E-state index contributed by atoms with van der Waals surface area (Å²) in [5.74, 6) is 0.256. The Balaban J connectivity index is 1.51. The third kappa shape index (κ3) is 3.98. The van der Waals surface area contributed by atoms with E-state index in [2.05, 4.69) is 4.98 Å². The predicted molar refractivity (Wildman–Crippen MR) is 110 cm³/mol. The molecule has 1 aliphatic heterocycles. The van der Waals surface area contributed by atoms with Gasteiger partial charge in [-0.1, -0.05) is 18.2 Å². The van der Waals surface area contributed by atoms with Gasteiger partial charge in [-0.05, 0) is 37.1 Å². The number of carbonyl (C=O) groups is 1. The second-order valence-corrected chi connectivity index (χ2v) is 9.76. The topological polar surface area (TPSA) is 81.0 Å². The number of sulfone groups is 1. The highest BCUT2D eigenvalue weighted by Gasteiger charge is 2.33. The molecular weight excluding hydrogens is 390 g/mol. The number of ether oxygens (including phenoxy) is 1. The Morgan fingerprint density at radius 2 is 2.03 bits per heavy atom. The number of pyridine rings is 1. The molecule has 29 heavy (non-hydrogen) atoms. The monoisotopic (exact) mass is 413 g/mol. The summed E-state index contributed by atoms with van der Waals surface area (Å²) in [4.78, 5) is 19.1. The van der Waals surface area contributed by atoms with Gasteiger partial charge < -0.3 is 14.0 Å². The number of hydrogen-bond donors (Lipinski definition) is 0. The molecule has 0 aliphatic carbocycles. The fourth-order valence-electron chi connectivity index (χ4n) is 3.63. The van der Waals surface area contributed by atoms with Gasteiger partial charge in [0.15, 0.2) is 9.84 Å². The van der Waals surface area contributed by atoms with Crippen LogP contribution in [-0.4, -0.2) is 53.2 Å². The van der Waals surface area contributed by atoms with Crippen molar-refractivity contribution in [2.75, 3.05) is 19.3 Å². The van der Waals surface area contributed by atoms with Gasteiger partial charge in [-0.2, -0.15) is 0 Å². The van der Waals surface area contributed by atoms with Gasteiger partial charge >= 0.3 is 0 Å². The van der Waals surface area contributed by atoms with Crippen molar-refractivity contribution in [3.05, 3.63) is 65.6 Å². The van der Waals surface area contributed by atoms with Gasteiger partial charge in [0.1, 0.15) is 18.0 Å². The maximum absolute atomic E-state index is 13.0. The van der Waals surface area contributed by atoms with Crippen molar-refractivity contribution < 1.29 is 17.9 Å². The van der Waals surface area contributed by atoms with E-state index < -0.39 is 15.1 Å². The summed E-state index contributed by atoms with van der Waals surface area (Å²) in [7, 11) is -3.16. The highest BCUT2D eigenvalue weighted by molar-refractivity contribution is 7.91. The zero-order chi connectivity index (χ0) is 20.6. The first-order valence-corrected chi connectivity index (χ1v) is 11.4. The largest absolute Gasteiger partial charge is 0.486 e. The molecule has 2 aromatic heterocycles. The molecule has 0 saturated carbocycles. The molecule has 0 radical (unpaired) electrons. The van der Waals surface area contributed by atoms with Crippen LogP contribution >= 0.6 is 0 Å². The number of aryl methyl sites for hydroxylation is 1. The number of carbonyl (C=O) groups excluding carboxylic acids is 1. The molecule has 0 bridgehead atoms. The molecule has 0 spiro atoms. The number of nitrogens with zero attached hydrogens (tertiary/aromatic N) is 3. The minimum absolute atomic E-state index is 0.211. The SMILES string of the molecule is Cc1cccn2cc(COc3ccccc3C(=O)N3CCC(S(C)(=O)=O)C3)nc12. The molecule has 7 nitrogen and oxygen atoms in total. The van der Waals surface area contributed by atoms with Crippen molar-refractivity contribution in [3.63, 3.8) is 0 Å². The molecule has 1 fully saturated rings. The van der Waals surface area contributed by atoms with Crippen LogP contribution in [0.4, 0.5) is 0 Å². The van der Waals surface area contributed by atoms with Crippen LogP contribution < -0.4 is 4.74 Å². The van der Waals surface area contributed by atoms with Gasteiger partial charge in [0.05, 0.1) is 16.5 Å². The average molecular weight is 413 g/mol. The van der Waals surface area contributed by atoms with Crippen LogP contribution in [0.15, 0.2) is 48.8 Å². The third-order valence-corrected chi connectivity index (χ3v) is 6.85. The van der Waals surface area contributed by atoms with Crippen LogP contribution in [0.25, 0.3) is 5.65 Å². The van der Waals surface area contributed by atoms with E-state index in [4.69, 9.17) is 4.74 Å². The van der Waals surface area contributed by atoms with Crippen LogP contribution in [0, 0.1) is 6.92 Å². The summed E-state index contributed by atoms with van der Waals surface area (Å²) in [5, 5.41) is -0.499. The summed E-state index contributed by atoms with van der Waals surface area (Å²) in [6.45, 7) is 2.88. The Bertz CT molecular complexity index is 1170. The maximum Gasteiger partial charge on any atom is 0.257 e. The first kappa shape index (κ1) is 19.4. The normalized spacial score (nSPS) is 17.0. The van der Waals surface area contributed by atoms with Crippen LogP contribution in [0.5, 0.6) is 5.75 Å². The van der Waals surface area contributed by atoms with Crippen molar-refractivity contribution in [3.8, 4) is 5.75 Å². The Morgan fingerprint density at radius 1 is 1.24 bits per heavy atom. The van der Waals surface area contributed by atoms with Gasteiger partial charge in [0.2, 0.25) is 0 Å². The molecule has 152 valence electrons. The van der Waals surface area contributed by atoms with Gasteiger partial charge in [-0.3, -0.25) is 4.79 Å². The lowest BCUT2D eigenvalue weighted by atomic mass is 10.2. The van der Waals surface area contributed by atoms with E-state index in [1.165, 1.54) is 6.26 Å². The molecule has 1 saturated heterocycles. The lowest BCUT2D eigenvalue weighted by molar-refractivity contribution is 0.0788. The fraction of sp³-hybridized carbons (Fsp3) is 0.333. The van der Waals surface area contributed by atoms with Crippen LogP contribution in [0.3, 0.4) is 0 Å². The summed E-state index contributed by atoms with van der Waals surface area (Å²) >= 11 is 0. The lowest BCUT2D eigenvalue weighted by Crippen LogP contribution is -2.31. The molecule has 3 aromatic rings. The van der Waals surface area contributed by atoms with E-state index in [9.17, 15) is 13.2 Å².